The standard InChI is InChI=1S/C14H16N2O4/c1-9-5-6-11(18-9)8-15-19-13(17)14-7-3-4-12(14)10(2)16-20-14/h5-6,8,12H,3-4,7H2,1-2H3/b15-8+. The molecule has 1 fully saturated rings. The van der Waals surface area contributed by atoms with Crippen LogP contribution in [0.5, 0.6) is 0 Å². The van der Waals surface area contributed by atoms with Gasteiger partial charge in [0.2, 0.25) is 5.60 Å². The van der Waals surface area contributed by atoms with Crippen LogP contribution in [0.4, 0.5) is 0 Å². The van der Waals surface area contributed by atoms with E-state index in [0.717, 1.165) is 24.3 Å². The molecular formula is C14H16N2O4. The summed E-state index contributed by atoms with van der Waals surface area (Å²) in [5, 5.41) is 7.61. The molecule has 1 aromatic rings. The molecule has 1 aliphatic heterocycles. The molecule has 0 bridgehead atoms. The summed E-state index contributed by atoms with van der Waals surface area (Å²) in [4.78, 5) is 22.6. The molecule has 2 unspecified atom stereocenters. The molecule has 0 aromatic carbocycles. The van der Waals surface area contributed by atoms with E-state index in [1.807, 2.05) is 19.9 Å². The predicted octanol–water partition coefficient (Wildman–Crippen LogP) is 2.41. The Kier molecular flexibility index (Phi) is 3.08. The minimum absolute atomic E-state index is 0.0102. The topological polar surface area (TPSA) is 73.4 Å². The molecule has 0 amide bonds. The average Bonchev–Trinajstić information content (AvgIpc) is 3.08. The summed E-state index contributed by atoms with van der Waals surface area (Å²) in [5.74, 6) is 0.835. The van der Waals surface area contributed by atoms with Crippen molar-refractivity contribution in [3.63, 3.8) is 0 Å². The number of carbonyl (C=O) groups excluding carboxylic acids is 1. The van der Waals surface area contributed by atoms with Crippen LogP contribution in [-0.4, -0.2) is 23.5 Å². The second kappa shape index (κ2) is 4.77. The zero-order valence-corrected chi connectivity index (χ0v) is 11.5. The van der Waals surface area contributed by atoms with Crippen LogP contribution in [0, 0.1) is 12.8 Å². The van der Waals surface area contributed by atoms with Gasteiger partial charge < -0.3 is 14.1 Å². The number of hydrogen-bond acceptors (Lipinski definition) is 6. The van der Waals surface area contributed by atoms with Crippen molar-refractivity contribution in [2.75, 3.05) is 0 Å². The van der Waals surface area contributed by atoms with Crippen LogP contribution in [0.3, 0.4) is 0 Å². The zero-order chi connectivity index (χ0) is 14.2. The summed E-state index contributed by atoms with van der Waals surface area (Å²) < 4.78 is 5.30. The van der Waals surface area contributed by atoms with E-state index in [-0.39, 0.29) is 5.92 Å². The van der Waals surface area contributed by atoms with E-state index >= 15 is 0 Å². The fourth-order valence-electron chi connectivity index (χ4n) is 2.86. The number of nitrogens with zero attached hydrogens (tertiary/aromatic N) is 2. The van der Waals surface area contributed by atoms with E-state index in [1.54, 1.807) is 6.07 Å². The summed E-state index contributed by atoms with van der Waals surface area (Å²) in [6, 6.07) is 3.56. The third-order valence-electron chi connectivity index (χ3n) is 3.88. The quantitative estimate of drug-likeness (QED) is 0.482. The van der Waals surface area contributed by atoms with Crippen molar-refractivity contribution < 1.29 is 18.9 Å². The highest BCUT2D eigenvalue weighted by Gasteiger charge is 2.58. The summed E-state index contributed by atoms with van der Waals surface area (Å²) in [5.41, 5.74) is -0.120. The van der Waals surface area contributed by atoms with Crippen LogP contribution in [0.1, 0.15) is 37.7 Å². The van der Waals surface area contributed by atoms with E-state index < -0.39 is 11.6 Å². The number of furan rings is 1. The van der Waals surface area contributed by atoms with Crippen molar-refractivity contribution in [3.8, 4) is 0 Å². The fourth-order valence-corrected chi connectivity index (χ4v) is 2.86. The maximum absolute atomic E-state index is 12.2. The van der Waals surface area contributed by atoms with Crippen molar-refractivity contribution in [3.05, 3.63) is 23.7 Å². The molecule has 0 radical (unpaired) electrons. The maximum Gasteiger partial charge on any atom is 0.381 e. The highest BCUT2D eigenvalue weighted by Crippen LogP contribution is 2.44. The molecule has 3 rings (SSSR count). The highest BCUT2D eigenvalue weighted by molar-refractivity contribution is 5.95. The Labute approximate surface area is 116 Å². The summed E-state index contributed by atoms with van der Waals surface area (Å²) in [7, 11) is 0. The monoisotopic (exact) mass is 276 g/mol. The SMILES string of the molecule is CC1=NOC2(C(=O)O/N=C/c3ccc(C)o3)CCCC12. The molecule has 20 heavy (non-hydrogen) atoms. The van der Waals surface area contributed by atoms with Gasteiger partial charge in [0, 0.05) is 6.42 Å². The lowest BCUT2D eigenvalue weighted by Crippen LogP contribution is -2.43. The van der Waals surface area contributed by atoms with Crippen LogP contribution in [0.15, 0.2) is 26.9 Å². The second-order valence-corrected chi connectivity index (χ2v) is 5.22. The summed E-state index contributed by atoms with van der Waals surface area (Å²) in [6.07, 6.45) is 3.81. The molecule has 6 nitrogen and oxygen atoms in total. The third-order valence-corrected chi connectivity index (χ3v) is 3.88. The van der Waals surface area contributed by atoms with Crippen molar-refractivity contribution >= 4 is 17.9 Å². The van der Waals surface area contributed by atoms with Gasteiger partial charge in [-0.3, -0.25) is 0 Å². The Balaban J connectivity index is 1.66. The van der Waals surface area contributed by atoms with Gasteiger partial charge in [0.1, 0.15) is 17.7 Å². The van der Waals surface area contributed by atoms with Crippen LogP contribution >= 0.6 is 0 Å². The molecule has 1 aliphatic carbocycles. The van der Waals surface area contributed by atoms with Crippen LogP contribution in [-0.2, 0) is 14.5 Å². The van der Waals surface area contributed by atoms with Gasteiger partial charge in [-0.15, -0.1) is 0 Å². The number of oxime groups is 2. The molecule has 6 heteroatoms. The normalized spacial score (nSPS) is 28.3. The second-order valence-electron chi connectivity index (χ2n) is 5.22. The van der Waals surface area contributed by atoms with Gasteiger partial charge in [-0.05, 0) is 38.8 Å². The first kappa shape index (κ1) is 12.9. The van der Waals surface area contributed by atoms with Gasteiger partial charge in [-0.1, -0.05) is 10.3 Å². The molecule has 2 heterocycles. The van der Waals surface area contributed by atoms with Crippen LogP contribution in [0.2, 0.25) is 0 Å². The number of rotatable bonds is 3. The molecule has 1 saturated carbocycles. The molecule has 0 N–H and O–H groups in total. The number of hydrogen-bond donors (Lipinski definition) is 0. The van der Waals surface area contributed by atoms with Gasteiger partial charge in [0.05, 0.1) is 11.6 Å². The first-order chi connectivity index (χ1) is 9.62. The molecule has 2 atom stereocenters. The van der Waals surface area contributed by atoms with Crippen LogP contribution in [0.25, 0.3) is 0 Å². The molecule has 0 spiro atoms. The van der Waals surface area contributed by atoms with E-state index in [9.17, 15) is 4.79 Å². The molecule has 2 aliphatic rings. The first-order valence-electron chi connectivity index (χ1n) is 6.66. The van der Waals surface area contributed by atoms with E-state index in [1.165, 1.54) is 6.21 Å². The number of aryl methyl sites for hydroxylation is 1. The minimum atomic E-state index is -0.972. The average molecular weight is 276 g/mol. The molecule has 106 valence electrons. The lowest BCUT2D eigenvalue weighted by molar-refractivity contribution is -0.171. The summed E-state index contributed by atoms with van der Waals surface area (Å²) >= 11 is 0. The maximum atomic E-state index is 12.2. The lowest BCUT2D eigenvalue weighted by atomic mass is 9.88. The minimum Gasteiger partial charge on any atom is -0.460 e. The van der Waals surface area contributed by atoms with E-state index in [4.69, 9.17) is 14.1 Å². The largest absolute Gasteiger partial charge is 0.460 e. The predicted molar refractivity (Wildman–Crippen MR) is 71.4 cm³/mol. The molecular weight excluding hydrogens is 260 g/mol. The van der Waals surface area contributed by atoms with Gasteiger partial charge in [-0.25, -0.2) is 4.79 Å². The first-order valence-corrected chi connectivity index (χ1v) is 6.66. The van der Waals surface area contributed by atoms with Gasteiger partial charge in [-0.2, -0.15) is 0 Å². The Morgan fingerprint density at radius 3 is 3.15 bits per heavy atom. The van der Waals surface area contributed by atoms with Gasteiger partial charge >= 0.3 is 5.97 Å². The van der Waals surface area contributed by atoms with Crippen molar-refractivity contribution in [1.29, 1.82) is 0 Å². The Hall–Kier alpha value is -2.11. The van der Waals surface area contributed by atoms with E-state index in [2.05, 4.69) is 10.3 Å². The van der Waals surface area contributed by atoms with Crippen molar-refractivity contribution in [1.82, 2.24) is 0 Å². The van der Waals surface area contributed by atoms with Crippen molar-refractivity contribution in [2.24, 2.45) is 16.2 Å². The fraction of sp³-hybridized carbons (Fsp3) is 0.500. The lowest BCUT2D eigenvalue weighted by Gasteiger charge is -2.22. The number of carbonyl (C=O) groups is 1. The number of fused-ring (bicyclic) bond motifs is 1. The smallest absolute Gasteiger partial charge is 0.381 e. The summed E-state index contributed by atoms with van der Waals surface area (Å²) in [6.45, 7) is 3.71. The Morgan fingerprint density at radius 2 is 2.40 bits per heavy atom. The van der Waals surface area contributed by atoms with Crippen LogP contribution < -0.4 is 0 Å². The van der Waals surface area contributed by atoms with Gasteiger partial charge in [0.15, 0.2) is 0 Å². The molecule has 1 aromatic heterocycles. The Morgan fingerprint density at radius 1 is 1.55 bits per heavy atom. The Bertz CT molecular complexity index is 590. The highest BCUT2D eigenvalue weighted by atomic mass is 16.7. The molecule has 0 saturated heterocycles. The zero-order valence-electron chi connectivity index (χ0n) is 11.5. The third kappa shape index (κ3) is 2.01. The van der Waals surface area contributed by atoms with Gasteiger partial charge in [0.25, 0.3) is 0 Å². The van der Waals surface area contributed by atoms with E-state index in [0.29, 0.717) is 12.2 Å². The van der Waals surface area contributed by atoms with Crippen molar-refractivity contribution in [2.45, 2.75) is 38.7 Å².